The Morgan fingerprint density at radius 2 is 1.76 bits per heavy atom. The molecule has 5 heterocycles. The number of epoxide rings is 1. The first-order valence-electron chi connectivity index (χ1n) is 24.0. The molecule has 0 spiro atoms. The summed E-state index contributed by atoms with van der Waals surface area (Å²) in [6.45, 7) is 11.4. The molecule has 5 fully saturated rings. The fraction of sp³-hybridized carbons (Fsp3) is 0.660. The highest BCUT2D eigenvalue weighted by Crippen LogP contribution is 2.63. The Kier molecular flexibility index (Phi) is 15.5. The van der Waals surface area contributed by atoms with Crippen LogP contribution in [0.3, 0.4) is 0 Å². The summed E-state index contributed by atoms with van der Waals surface area (Å²) in [5, 5.41) is 17.2. The second-order valence-corrected chi connectivity index (χ2v) is 22.6. The predicted molar refractivity (Wildman–Crippen MR) is 260 cm³/mol. The van der Waals surface area contributed by atoms with Gasteiger partial charge in [-0.1, -0.05) is 42.3 Å². The van der Waals surface area contributed by atoms with E-state index in [1.807, 2.05) is 33.8 Å². The van der Waals surface area contributed by atoms with Gasteiger partial charge in [-0.3, -0.25) is 34.2 Å². The molecule has 4 saturated heterocycles. The van der Waals surface area contributed by atoms with E-state index in [1.54, 1.807) is 45.2 Å². The van der Waals surface area contributed by atoms with Gasteiger partial charge in [-0.25, -0.2) is 9.59 Å². The third-order valence-corrected chi connectivity index (χ3v) is 16.6. The number of halogens is 1. The summed E-state index contributed by atoms with van der Waals surface area (Å²) in [5.41, 5.74) is -3.33. The van der Waals surface area contributed by atoms with Crippen molar-refractivity contribution in [3.05, 3.63) is 46.5 Å². The number of aliphatic hydroxyl groups is 1. The number of methoxy groups -OCH3 is 2. The number of carbonyl (C=O) groups excluding carboxylic acids is 7. The number of esters is 1. The molecule has 384 valence electrons. The van der Waals surface area contributed by atoms with E-state index in [2.05, 4.69) is 10.6 Å². The van der Waals surface area contributed by atoms with Gasteiger partial charge in [0.25, 0.3) is 0 Å². The fourth-order valence-corrected chi connectivity index (χ4v) is 12.5. The van der Waals surface area contributed by atoms with Crippen molar-refractivity contribution in [3.8, 4) is 5.75 Å². The van der Waals surface area contributed by atoms with Crippen molar-refractivity contribution < 1.29 is 62.4 Å². The van der Waals surface area contributed by atoms with Crippen LogP contribution >= 0.6 is 23.4 Å². The summed E-state index contributed by atoms with van der Waals surface area (Å²) in [6, 6.07) is 2.14. The van der Waals surface area contributed by atoms with Gasteiger partial charge in [-0.15, -0.1) is 11.8 Å². The van der Waals surface area contributed by atoms with Crippen LogP contribution in [0.5, 0.6) is 5.75 Å². The lowest BCUT2D eigenvalue weighted by Crippen LogP contribution is -2.68. The molecule has 1 saturated carbocycles. The van der Waals surface area contributed by atoms with Crippen molar-refractivity contribution in [1.82, 2.24) is 20.4 Å². The van der Waals surface area contributed by atoms with E-state index in [-0.39, 0.29) is 78.1 Å². The van der Waals surface area contributed by atoms with Crippen LogP contribution < -0.4 is 20.3 Å². The number of rotatable bonds is 10. The summed E-state index contributed by atoms with van der Waals surface area (Å²) >= 11 is 8.00. The first-order valence-corrected chi connectivity index (χ1v) is 25.4. The smallest absolute Gasteiger partial charge is 0.409 e. The van der Waals surface area contributed by atoms with Crippen LogP contribution in [0, 0.1) is 17.8 Å². The number of hydrogen-bond acceptors (Lipinski definition) is 14. The molecule has 7 rings (SSSR count). The van der Waals surface area contributed by atoms with Crippen LogP contribution in [-0.4, -0.2) is 149 Å². The van der Waals surface area contributed by atoms with Gasteiger partial charge in [0.2, 0.25) is 29.5 Å². The molecule has 6 unspecified atom stereocenters. The Bertz CT molecular complexity index is 2330. The maximum Gasteiger partial charge on any atom is 0.409 e. The summed E-state index contributed by atoms with van der Waals surface area (Å²) in [4.78, 5) is 99.8. The average Bonchev–Trinajstić information content (AvgIpc) is 3.86. The molecule has 18 nitrogen and oxygen atoms in total. The summed E-state index contributed by atoms with van der Waals surface area (Å²) in [7, 11) is 5.87. The highest BCUT2D eigenvalue weighted by Gasteiger charge is 2.83. The number of anilines is 1. The van der Waals surface area contributed by atoms with Crippen LogP contribution in [0.2, 0.25) is 5.02 Å². The molecule has 0 aromatic heterocycles. The number of amides is 6. The van der Waals surface area contributed by atoms with Crippen LogP contribution in [0.1, 0.15) is 98.5 Å². The van der Waals surface area contributed by atoms with Crippen LogP contribution in [-0.2, 0) is 54.1 Å². The zero-order valence-corrected chi connectivity index (χ0v) is 43.3. The summed E-state index contributed by atoms with van der Waals surface area (Å²) in [6.07, 6.45) is 3.36. The van der Waals surface area contributed by atoms with E-state index in [4.69, 9.17) is 35.3 Å². The molecule has 0 radical (unpaired) electrons. The van der Waals surface area contributed by atoms with Gasteiger partial charge in [0.05, 0.1) is 24.5 Å². The zero-order chi connectivity index (χ0) is 51.2. The summed E-state index contributed by atoms with van der Waals surface area (Å²) in [5.74, 6) is -2.80. The number of imide groups is 1. The number of fused-ring (bicyclic) bond motifs is 4. The predicted octanol–water partition coefficient (Wildman–Crippen LogP) is 4.85. The SMILES string of the molecule is COc1cc2cc(c1Cl)N(C)C(=O)C[C@@H]1OC(=O)[C@@H](N(C)C(=O)CCSC3CC(=O)N(CC4CCC(C(=O)NC(C)(C)C)CC4)C3=O)C3(OC13C)[C@H](C)C1CC(O)(NC(=O)O1)C(OC)/C=C/C=C(\C)C2. The molecule has 6 bridgehead atoms. The van der Waals surface area contributed by atoms with Crippen molar-refractivity contribution in [1.29, 1.82) is 0 Å². The van der Waals surface area contributed by atoms with Crippen molar-refractivity contribution >= 4 is 70.6 Å². The highest BCUT2D eigenvalue weighted by atomic mass is 35.5. The lowest BCUT2D eigenvalue weighted by atomic mass is 9.69. The molecule has 6 amide bonds. The van der Waals surface area contributed by atoms with Gasteiger partial charge in [0, 0.05) is 70.1 Å². The van der Waals surface area contributed by atoms with Crippen molar-refractivity contribution in [2.24, 2.45) is 17.8 Å². The Hall–Kier alpha value is -4.69. The van der Waals surface area contributed by atoms with Crippen molar-refractivity contribution in [2.45, 2.75) is 151 Å². The minimum atomic E-state index is -2.00. The molecule has 70 heavy (non-hydrogen) atoms. The highest BCUT2D eigenvalue weighted by molar-refractivity contribution is 8.00. The van der Waals surface area contributed by atoms with Gasteiger partial charge in [-0.2, -0.15) is 0 Å². The van der Waals surface area contributed by atoms with E-state index < -0.39 is 76.3 Å². The third-order valence-electron chi connectivity index (χ3n) is 15.0. The van der Waals surface area contributed by atoms with E-state index in [0.717, 1.165) is 24.0 Å². The first-order chi connectivity index (χ1) is 32.9. The number of thioether (sulfide) groups is 1. The standard InChI is InChI=1S/C50H68ClN5O13S/c1-27-12-11-13-36(66-10)49(64)25-34(67-46(63)53-49)28(2)50-42(45(62)68-37(48(50,6)69-50)24-39(58)54(7)32-21-30(20-27)22-33(65-9)41(32)51)55(8)38(57)18-19-70-35-23-40(59)56(44(35)61)26-29-14-16-31(17-15-29)43(60)52-47(3,4)5/h11-13,21-22,28-29,31,34-37,42,64H,14-20,23-26H2,1-10H3,(H,52,60)(H,53,63)/b13-11+,27-12+/t28-,29?,31?,34?,35?,36?,37+,42-,48?,49?,50?/m1/s1. The zero-order valence-electron chi connectivity index (χ0n) is 41.8. The van der Waals surface area contributed by atoms with E-state index in [1.165, 1.54) is 47.7 Å². The van der Waals surface area contributed by atoms with E-state index in [0.29, 0.717) is 30.7 Å². The van der Waals surface area contributed by atoms with Gasteiger partial charge in [0.1, 0.15) is 40.3 Å². The second kappa shape index (κ2) is 20.4. The maximum atomic E-state index is 14.5. The van der Waals surface area contributed by atoms with Gasteiger partial charge < -0.3 is 43.9 Å². The Morgan fingerprint density at radius 3 is 2.41 bits per heavy atom. The normalized spacial score (nSPS) is 34.9. The molecule has 5 aliphatic heterocycles. The number of allylic oxidation sites excluding steroid dienone is 3. The number of carbonyl (C=O) groups is 7. The van der Waals surface area contributed by atoms with Gasteiger partial charge >= 0.3 is 12.1 Å². The number of ether oxygens (including phenoxy) is 5. The van der Waals surface area contributed by atoms with Gasteiger partial charge in [-0.05, 0) is 90.3 Å². The second-order valence-electron chi connectivity index (χ2n) is 21.0. The minimum absolute atomic E-state index is 0.00348. The number of benzene rings is 1. The Balaban J connectivity index is 1.10. The van der Waals surface area contributed by atoms with Crippen LogP contribution in [0.15, 0.2) is 35.9 Å². The molecule has 6 aliphatic rings. The molecule has 20 heteroatoms. The van der Waals surface area contributed by atoms with Crippen LogP contribution in [0.4, 0.5) is 10.5 Å². The lowest BCUT2D eigenvalue weighted by molar-refractivity contribution is -0.174. The number of hydrogen-bond donors (Lipinski definition) is 3. The molecular weight excluding hydrogens is 946 g/mol. The number of alkyl carbamates (subject to hydrolysis) is 1. The Labute approximate surface area is 418 Å². The molecule has 1 aromatic rings. The average molecular weight is 1010 g/mol. The van der Waals surface area contributed by atoms with Crippen LogP contribution in [0.25, 0.3) is 0 Å². The molecule has 1 aliphatic carbocycles. The Morgan fingerprint density at radius 1 is 1.06 bits per heavy atom. The summed E-state index contributed by atoms with van der Waals surface area (Å²) < 4.78 is 29.9. The van der Waals surface area contributed by atoms with Crippen molar-refractivity contribution in [2.75, 3.05) is 45.5 Å². The minimum Gasteiger partial charge on any atom is -0.495 e. The quantitative estimate of drug-likeness (QED) is 0.162. The topological polar surface area (TPSA) is 223 Å². The monoisotopic (exact) mass is 1010 g/mol. The number of likely N-dealkylation sites (N-methyl/N-ethyl adjacent to an activating group) is 1. The van der Waals surface area contributed by atoms with Crippen molar-refractivity contribution in [3.63, 3.8) is 0 Å². The van der Waals surface area contributed by atoms with Gasteiger partial charge in [0.15, 0.2) is 11.8 Å². The maximum absolute atomic E-state index is 14.5. The third kappa shape index (κ3) is 10.5. The number of nitrogens with one attached hydrogen (secondary N) is 2. The largest absolute Gasteiger partial charge is 0.495 e. The molecular formula is C50H68ClN5O13S. The number of nitrogens with zero attached hydrogens (tertiary/aromatic N) is 3. The number of likely N-dealkylation sites (tertiary alicyclic amines) is 1. The molecule has 9 atom stereocenters. The van der Waals surface area contributed by atoms with E-state index in [9.17, 15) is 38.7 Å². The van der Waals surface area contributed by atoms with E-state index >= 15 is 0 Å². The lowest BCUT2D eigenvalue weighted by Gasteiger charge is -2.46. The molecule has 1 aromatic carbocycles. The molecule has 3 N–H and O–H groups in total. The first kappa shape index (κ1) is 53.1. The fourth-order valence-electron chi connectivity index (χ4n) is 11.0.